The largest absolute Gasteiger partial charge is 0.481 e. The average Bonchev–Trinajstić information content (AvgIpc) is 2.66. The molecule has 0 aliphatic carbocycles. The minimum Gasteiger partial charge on any atom is -0.481 e. The van der Waals surface area contributed by atoms with Gasteiger partial charge in [0.25, 0.3) is 5.91 Å². The third kappa shape index (κ3) is 4.43. The maximum absolute atomic E-state index is 12.3. The number of carbonyl (C=O) groups is 1. The highest BCUT2D eigenvalue weighted by atomic mass is 16.5. The van der Waals surface area contributed by atoms with Crippen LogP contribution in [0.3, 0.4) is 0 Å². The highest BCUT2D eigenvalue weighted by Crippen LogP contribution is 2.18. The molecular formula is C18H23N5O2. The van der Waals surface area contributed by atoms with E-state index in [1.54, 1.807) is 18.3 Å². The van der Waals surface area contributed by atoms with Crippen LogP contribution >= 0.6 is 0 Å². The summed E-state index contributed by atoms with van der Waals surface area (Å²) in [6, 6.07) is 5.25. The molecule has 1 amide bonds. The average molecular weight is 341 g/mol. The fourth-order valence-electron chi connectivity index (χ4n) is 2.90. The first-order chi connectivity index (χ1) is 12.2. The molecule has 0 saturated carbocycles. The predicted octanol–water partition coefficient (Wildman–Crippen LogP) is 2.11. The highest BCUT2D eigenvalue weighted by Gasteiger charge is 2.14. The molecule has 1 aliphatic rings. The SMILES string of the molecule is COc1cc(C(=O)NCc2nc(C)cc(N3CCCCC3)n2)ccn1. The topological polar surface area (TPSA) is 80.2 Å². The Morgan fingerprint density at radius 2 is 2.04 bits per heavy atom. The Bertz CT molecular complexity index is 744. The molecule has 0 unspecified atom stereocenters. The molecule has 1 aliphatic heterocycles. The molecule has 0 atom stereocenters. The molecule has 3 heterocycles. The molecule has 0 bridgehead atoms. The number of aromatic nitrogens is 3. The molecule has 0 spiro atoms. The van der Waals surface area contributed by atoms with Crippen LogP contribution < -0.4 is 15.0 Å². The van der Waals surface area contributed by atoms with Crippen LogP contribution in [0.15, 0.2) is 24.4 Å². The summed E-state index contributed by atoms with van der Waals surface area (Å²) in [5.41, 5.74) is 1.40. The Labute approximate surface area is 147 Å². The molecule has 1 saturated heterocycles. The van der Waals surface area contributed by atoms with Crippen LogP contribution in [0, 0.1) is 6.92 Å². The van der Waals surface area contributed by atoms with Crippen LogP contribution in [0.4, 0.5) is 5.82 Å². The van der Waals surface area contributed by atoms with Crippen LogP contribution in [0.5, 0.6) is 5.88 Å². The van der Waals surface area contributed by atoms with Gasteiger partial charge in [-0.2, -0.15) is 0 Å². The van der Waals surface area contributed by atoms with E-state index < -0.39 is 0 Å². The number of carbonyl (C=O) groups excluding carboxylic acids is 1. The molecule has 2 aromatic rings. The third-order valence-electron chi connectivity index (χ3n) is 4.18. The van der Waals surface area contributed by atoms with Gasteiger partial charge in [-0.1, -0.05) is 0 Å². The van der Waals surface area contributed by atoms with E-state index in [4.69, 9.17) is 4.74 Å². The monoisotopic (exact) mass is 341 g/mol. The molecule has 7 nitrogen and oxygen atoms in total. The van der Waals surface area contributed by atoms with E-state index in [-0.39, 0.29) is 12.5 Å². The van der Waals surface area contributed by atoms with Crippen molar-refractivity contribution >= 4 is 11.7 Å². The lowest BCUT2D eigenvalue weighted by Gasteiger charge is -2.28. The predicted molar refractivity (Wildman–Crippen MR) is 94.8 cm³/mol. The van der Waals surface area contributed by atoms with Crippen LogP contribution in [-0.2, 0) is 6.54 Å². The number of pyridine rings is 1. The molecule has 7 heteroatoms. The van der Waals surface area contributed by atoms with E-state index in [0.29, 0.717) is 17.3 Å². The first kappa shape index (κ1) is 17.1. The minimum atomic E-state index is -0.203. The van der Waals surface area contributed by atoms with Crippen molar-refractivity contribution < 1.29 is 9.53 Å². The summed E-state index contributed by atoms with van der Waals surface area (Å²) in [5, 5.41) is 2.86. The quantitative estimate of drug-likeness (QED) is 0.897. The van der Waals surface area contributed by atoms with Gasteiger partial charge < -0.3 is 15.0 Å². The Hall–Kier alpha value is -2.70. The maximum Gasteiger partial charge on any atom is 0.251 e. The van der Waals surface area contributed by atoms with Gasteiger partial charge in [0.15, 0.2) is 0 Å². The number of aryl methyl sites for hydroxylation is 1. The van der Waals surface area contributed by atoms with Gasteiger partial charge in [0.2, 0.25) is 5.88 Å². The number of hydrogen-bond acceptors (Lipinski definition) is 6. The number of piperidine rings is 1. The zero-order chi connectivity index (χ0) is 17.6. The fourth-order valence-corrected chi connectivity index (χ4v) is 2.90. The standard InChI is InChI=1S/C18H23N5O2/c1-13-10-16(23-8-4-3-5-9-23)22-15(21-13)12-20-18(24)14-6-7-19-17(11-14)25-2/h6-7,10-11H,3-5,8-9,12H2,1-2H3,(H,20,24). The smallest absolute Gasteiger partial charge is 0.251 e. The molecule has 132 valence electrons. The summed E-state index contributed by atoms with van der Waals surface area (Å²) in [6.45, 7) is 4.29. The normalized spacial score (nSPS) is 14.2. The van der Waals surface area contributed by atoms with Crippen LogP contribution in [0.2, 0.25) is 0 Å². The van der Waals surface area contributed by atoms with Crippen LogP contribution in [0.25, 0.3) is 0 Å². The van der Waals surface area contributed by atoms with Gasteiger partial charge in [-0.05, 0) is 32.3 Å². The van der Waals surface area contributed by atoms with Gasteiger partial charge in [-0.3, -0.25) is 4.79 Å². The van der Waals surface area contributed by atoms with Crippen molar-refractivity contribution in [2.24, 2.45) is 0 Å². The van der Waals surface area contributed by atoms with Crippen molar-refractivity contribution in [3.05, 3.63) is 41.5 Å². The molecule has 0 radical (unpaired) electrons. The Morgan fingerprint density at radius 3 is 2.80 bits per heavy atom. The first-order valence-electron chi connectivity index (χ1n) is 8.53. The molecule has 1 fully saturated rings. The van der Waals surface area contributed by atoms with Gasteiger partial charge in [0.1, 0.15) is 11.6 Å². The van der Waals surface area contributed by atoms with Gasteiger partial charge in [0.05, 0.1) is 13.7 Å². The van der Waals surface area contributed by atoms with Crippen molar-refractivity contribution in [2.75, 3.05) is 25.1 Å². The second-order valence-corrected chi connectivity index (χ2v) is 6.10. The van der Waals surface area contributed by atoms with Crippen molar-refractivity contribution in [1.29, 1.82) is 0 Å². The summed E-state index contributed by atoms with van der Waals surface area (Å²) >= 11 is 0. The lowest BCUT2D eigenvalue weighted by molar-refractivity contribution is 0.0949. The second-order valence-electron chi connectivity index (χ2n) is 6.10. The number of amides is 1. The number of rotatable bonds is 5. The molecule has 3 rings (SSSR count). The second kappa shape index (κ2) is 7.92. The molecular weight excluding hydrogens is 318 g/mol. The summed E-state index contributed by atoms with van der Waals surface area (Å²) in [4.78, 5) is 27.6. The zero-order valence-electron chi connectivity index (χ0n) is 14.7. The van der Waals surface area contributed by atoms with E-state index in [1.165, 1.54) is 26.4 Å². The van der Waals surface area contributed by atoms with Gasteiger partial charge >= 0.3 is 0 Å². The number of hydrogen-bond donors (Lipinski definition) is 1. The molecule has 1 N–H and O–H groups in total. The van der Waals surface area contributed by atoms with E-state index in [9.17, 15) is 4.79 Å². The Morgan fingerprint density at radius 1 is 1.24 bits per heavy atom. The van der Waals surface area contributed by atoms with Crippen molar-refractivity contribution in [3.8, 4) is 5.88 Å². The lowest BCUT2D eigenvalue weighted by atomic mass is 10.1. The zero-order valence-corrected chi connectivity index (χ0v) is 14.7. The summed E-state index contributed by atoms with van der Waals surface area (Å²) in [7, 11) is 1.52. The number of nitrogens with zero attached hydrogens (tertiary/aromatic N) is 4. The number of methoxy groups -OCH3 is 1. The molecule has 0 aromatic carbocycles. The summed E-state index contributed by atoms with van der Waals surface area (Å²) < 4.78 is 5.05. The fraction of sp³-hybridized carbons (Fsp3) is 0.444. The van der Waals surface area contributed by atoms with E-state index in [0.717, 1.165) is 24.6 Å². The van der Waals surface area contributed by atoms with Crippen molar-refractivity contribution in [2.45, 2.75) is 32.7 Å². The van der Waals surface area contributed by atoms with Gasteiger partial charge in [-0.25, -0.2) is 15.0 Å². The van der Waals surface area contributed by atoms with Crippen molar-refractivity contribution in [1.82, 2.24) is 20.3 Å². The molecule has 2 aromatic heterocycles. The molecule has 25 heavy (non-hydrogen) atoms. The van der Waals surface area contributed by atoms with E-state index in [1.807, 2.05) is 13.0 Å². The minimum absolute atomic E-state index is 0.203. The van der Waals surface area contributed by atoms with Gasteiger partial charge in [-0.15, -0.1) is 0 Å². The van der Waals surface area contributed by atoms with Gasteiger partial charge in [0, 0.05) is 42.7 Å². The number of ether oxygens (including phenoxy) is 1. The van der Waals surface area contributed by atoms with Crippen molar-refractivity contribution in [3.63, 3.8) is 0 Å². The highest BCUT2D eigenvalue weighted by molar-refractivity contribution is 5.94. The summed E-state index contributed by atoms with van der Waals surface area (Å²) in [6.07, 6.45) is 5.21. The van der Waals surface area contributed by atoms with Crippen LogP contribution in [-0.4, -0.2) is 41.1 Å². The third-order valence-corrected chi connectivity index (χ3v) is 4.18. The summed E-state index contributed by atoms with van der Waals surface area (Å²) in [5.74, 6) is 1.77. The number of nitrogens with one attached hydrogen (secondary N) is 1. The Balaban J connectivity index is 1.67. The van der Waals surface area contributed by atoms with Crippen LogP contribution in [0.1, 0.15) is 41.1 Å². The number of anilines is 1. The van der Waals surface area contributed by atoms with E-state index >= 15 is 0 Å². The first-order valence-corrected chi connectivity index (χ1v) is 8.53. The van der Waals surface area contributed by atoms with E-state index in [2.05, 4.69) is 25.2 Å². The Kier molecular flexibility index (Phi) is 5.42. The maximum atomic E-state index is 12.3. The lowest BCUT2D eigenvalue weighted by Crippen LogP contribution is -2.31.